The molecule has 27 heavy (non-hydrogen) atoms. The molecule has 1 saturated heterocycles. The highest BCUT2D eigenvalue weighted by Gasteiger charge is 2.31. The molecular formula is C20H19ClF3N3. The Bertz CT molecular complexity index is 923. The Kier molecular flexibility index (Phi) is 5.58. The van der Waals surface area contributed by atoms with Crippen LogP contribution in [-0.4, -0.2) is 31.2 Å². The van der Waals surface area contributed by atoms with Crippen molar-refractivity contribution in [2.45, 2.75) is 6.18 Å². The van der Waals surface area contributed by atoms with Crippen molar-refractivity contribution < 1.29 is 13.2 Å². The van der Waals surface area contributed by atoms with Crippen LogP contribution in [0.3, 0.4) is 0 Å². The molecule has 142 valence electrons. The summed E-state index contributed by atoms with van der Waals surface area (Å²) in [5, 5.41) is 4.05. The van der Waals surface area contributed by atoms with Crippen molar-refractivity contribution in [3.63, 3.8) is 0 Å². The van der Waals surface area contributed by atoms with Crippen LogP contribution in [0.1, 0.15) is 5.56 Å². The average molecular weight is 394 g/mol. The molecule has 1 aromatic heterocycles. The fourth-order valence-corrected chi connectivity index (χ4v) is 3.31. The van der Waals surface area contributed by atoms with Crippen LogP contribution < -0.4 is 10.2 Å². The lowest BCUT2D eigenvalue weighted by Gasteiger charge is -2.30. The highest BCUT2D eigenvalue weighted by molar-refractivity contribution is 5.94. The van der Waals surface area contributed by atoms with Crippen molar-refractivity contribution in [2.75, 3.05) is 31.1 Å². The summed E-state index contributed by atoms with van der Waals surface area (Å²) in [5.41, 5.74) is 2.21. The topological polar surface area (TPSA) is 28.2 Å². The Balaban J connectivity index is 0.00000210. The minimum atomic E-state index is -4.38. The summed E-state index contributed by atoms with van der Waals surface area (Å²) in [4.78, 5) is 6.74. The third kappa shape index (κ3) is 4.01. The summed E-state index contributed by atoms with van der Waals surface area (Å²) in [5.74, 6) is 0. The molecule has 1 aliphatic rings. The summed E-state index contributed by atoms with van der Waals surface area (Å²) in [6, 6.07) is 15.4. The fourth-order valence-electron chi connectivity index (χ4n) is 3.31. The maximum atomic E-state index is 13.1. The summed E-state index contributed by atoms with van der Waals surface area (Å²) in [6.45, 7) is 3.33. The number of piperazine rings is 1. The van der Waals surface area contributed by atoms with Crippen LogP contribution >= 0.6 is 12.4 Å². The number of aromatic nitrogens is 1. The van der Waals surface area contributed by atoms with Crippen molar-refractivity contribution in [2.24, 2.45) is 0 Å². The van der Waals surface area contributed by atoms with Gasteiger partial charge in [0.25, 0.3) is 0 Å². The van der Waals surface area contributed by atoms with Gasteiger partial charge in [0.05, 0.1) is 16.8 Å². The molecule has 0 aliphatic carbocycles. The molecule has 3 aromatic rings. The van der Waals surface area contributed by atoms with Gasteiger partial charge in [0, 0.05) is 42.8 Å². The lowest BCUT2D eigenvalue weighted by Crippen LogP contribution is -2.43. The van der Waals surface area contributed by atoms with Gasteiger partial charge in [-0.3, -0.25) is 0 Å². The molecule has 0 bridgehead atoms. The minimum Gasteiger partial charge on any atom is -0.368 e. The maximum absolute atomic E-state index is 13.1. The van der Waals surface area contributed by atoms with E-state index in [2.05, 4.69) is 15.2 Å². The van der Waals surface area contributed by atoms with Crippen LogP contribution in [0.2, 0.25) is 0 Å². The molecule has 4 rings (SSSR count). The summed E-state index contributed by atoms with van der Waals surface area (Å²) in [7, 11) is 0. The smallest absolute Gasteiger partial charge is 0.368 e. The molecule has 2 aromatic carbocycles. The fraction of sp³-hybridized carbons (Fsp3) is 0.250. The number of hydrogen-bond acceptors (Lipinski definition) is 3. The second-order valence-corrected chi connectivity index (χ2v) is 6.36. The SMILES string of the molecule is Cl.FC(F)(F)c1ccc2c(N3CCNCC3)cc(-c3ccccc3)nc2c1. The molecule has 1 fully saturated rings. The molecule has 1 aliphatic heterocycles. The Morgan fingerprint density at radius 2 is 1.63 bits per heavy atom. The van der Waals surface area contributed by atoms with Gasteiger partial charge in [0.2, 0.25) is 0 Å². The van der Waals surface area contributed by atoms with Crippen molar-refractivity contribution in [3.05, 3.63) is 60.2 Å². The first-order valence-electron chi connectivity index (χ1n) is 8.55. The van der Waals surface area contributed by atoms with Gasteiger partial charge < -0.3 is 10.2 Å². The van der Waals surface area contributed by atoms with E-state index in [4.69, 9.17) is 0 Å². The highest BCUT2D eigenvalue weighted by Crippen LogP contribution is 2.35. The molecule has 0 radical (unpaired) electrons. The Morgan fingerprint density at radius 1 is 0.926 bits per heavy atom. The van der Waals surface area contributed by atoms with Crippen molar-refractivity contribution >= 4 is 29.0 Å². The molecular weight excluding hydrogens is 375 g/mol. The van der Waals surface area contributed by atoms with Gasteiger partial charge in [0.1, 0.15) is 0 Å². The van der Waals surface area contributed by atoms with Gasteiger partial charge in [0.15, 0.2) is 0 Å². The second kappa shape index (κ2) is 7.74. The number of halogens is 4. The minimum absolute atomic E-state index is 0. The van der Waals surface area contributed by atoms with E-state index in [-0.39, 0.29) is 12.4 Å². The largest absolute Gasteiger partial charge is 0.416 e. The van der Waals surface area contributed by atoms with Gasteiger partial charge in [-0.2, -0.15) is 13.2 Å². The van der Waals surface area contributed by atoms with Crippen LogP contribution in [0.4, 0.5) is 18.9 Å². The number of fused-ring (bicyclic) bond motifs is 1. The zero-order valence-corrected chi connectivity index (χ0v) is 15.3. The standard InChI is InChI=1S/C20H18F3N3.ClH/c21-20(22,23)15-6-7-16-18(12-15)25-17(14-4-2-1-3-5-14)13-19(16)26-10-8-24-9-11-26;/h1-7,12-13,24H,8-11H2;1H. The van der Waals surface area contributed by atoms with E-state index in [1.807, 2.05) is 36.4 Å². The average Bonchev–Trinajstić information content (AvgIpc) is 2.67. The van der Waals surface area contributed by atoms with E-state index in [1.54, 1.807) is 0 Å². The number of anilines is 1. The van der Waals surface area contributed by atoms with Crippen LogP contribution in [0, 0.1) is 0 Å². The molecule has 1 N–H and O–H groups in total. The van der Waals surface area contributed by atoms with Crippen LogP contribution in [0.15, 0.2) is 54.6 Å². The Morgan fingerprint density at radius 3 is 2.30 bits per heavy atom. The molecule has 0 unspecified atom stereocenters. The van der Waals surface area contributed by atoms with Gasteiger partial charge >= 0.3 is 6.18 Å². The van der Waals surface area contributed by atoms with Crippen LogP contribution in [0.5, 0.6) is 0 Å². The quantitative estimate of drug-likeness (QED) is 0.681. The lowest BCUT2D eigenvalue weighted by atomic mass is 10.0. The lowest BCUT2D eigenvalue weighted by molar-refractivity contribution is -0.137. The van der Waals surface area contributed by atoms with Crippen molar-refractivity contribution in [1.29, 1.82) is 0 Å². The Labute approximate surface area is 161 Å². The van der Waals surface area contributed by atoms with E-state index in [9.17, 15) is 13.2 Å². The van der Waals surface area contributed by atoms with Crippen LogP contribution in [0.25, 0.3) is 22.2 Å². The summed E-state index contributed by atoms with van der Waals surface area (Å²) >= 11 is 0. The number of rotatable bonds is 2. The summed E-state index contributed by atoms with van der Waals surface area (Å²) < 4.78 is 39.4. The number of nitrogens with one attached hydrogen (secondary N) is 1. The number of alkyl halides is 3. The molecule has 0 saturated carbocycles. The van der Waals surface area contributed by atoms with Crippen molar-refractivity contribution in [3.8, 4) is 11.3 Å². The Hall–Kier alpha value is -2.31. The van der Waals surface area contributed by atoms with E-state index < -0.39 is 11.7 Å². The molecule has 0 amide bonds. The zero-order valence-electron chi connectivity index (χ0n) is 14.5. The number of pyridine rings is 1. The van der Waals surface area contributed by atoms with Gasteiger partial charge in [-0.15, -0.1) is 12.4 Å². The molecule has 0 atom stereocenters. The van der Waals surface area contributed by atoms with Gasteiger partial charge in [-0.05, 0) is 18.2 Å². The number of hydrogen-bond donors (Lipinski definition) is 1. The van der Waals surface area contributed by atoms with E-state index in [0.29, 0.717) is 11.2 Å². The predicted octanol–water partition coefficient (Wildman–Crippen LogP) is 4.75. The molecule has 3 nitrogen and oxygen atoms in total. The molecule has 2 heterocycles. The third-order valence-corrected chi connectivity index (χ3v) is 4.64. The van der Waals surface area contributed by atoms with Gasteiger partial charge in [-0.25, -0.2) is 4.98 Å². The predicted molar refractivity (Wildman–Crippen MR) is 105 cm³/mol. The zero-order chi connectivity index (χ0) is 18.1. The normalized spacial score (nSPS) is 14.9. The van der Waals surface area contributed by atoms with Crippen LogP contribution in [-0.2, 0) is 6.18 Å². The molecule has 7 heteroatoms. The highest BCUT2D eigenvalue weighted by atomic mass is 35.5. The first-order valence-corrected chi connectivity index (χ1v) is 8.55. The summed E-state index contributed by atoms with van der Waals surface area (Å²) in [6.07, 6.45) is -4.38. The van der Waals surface area contributed by atoms with Gasteiger partial charge in [-0.1, -0.05) is 36.4 Å². The molecule has 0 spiro atoms. The first-order chi connectivity index (χ1) is 12.5. The first kappa shape index (κ1) is 19.5. The van der Waals surface area contributed by atoms with E-state index in [0.717, 1.165) is 54.9 Å². The second-order valence-electron chi connectivity index (χ2n) is 6.36. The third-order valence-electron chi connectivity index (χ3n) is 4.64. The number of nitrogens with zero attached hydrogens (tertiary/aromatic N) is 2. The monoisotopic (exact) mass is 393 g/mol. The maximum Gasteiger partial charge on any atom is 0.416 e. The number of benzene rings is 2. The van der Waals surface area contributed by atoms with Crippen molar-refractivity contribution in [1.82, 2.24) is 10.3 Å². The van der Waals surface area contributed by atoms with E-state index in [1.165, 1.54) is 6.07 Å². The van der Waals surface area contributed by atoms with E-state index >= 15 is 0 Å².